The third-order valence-corrected chi connectivity index (χ3v) is 3.24. The van der Waals surface area contributed by atoms with E-state index in [4.69, 9.17) is 15.7 Å². The van der Waals surface area contributed by atoms with Gasteiger partial charge in [-0.1, -0.05) is 11.2 Å². The Morgan fingerprint density at radius 2 is 1.95 bits per heavy atom. The van der Waals surface area contributed by atoms with E-state index in [1.807, 2.05) is 57.4 Å². The van der Waals surface area contributed by atoms with Gasteiger partial charge in [-0.25, -0.2) is 0 Å². The van der Waals surface area contributed by atoms with Crippen molar-refractivity contribution in [2.75, 3.05) is 33.1 Å². The Balaban J connectivity index is 2.49. The van der Waals surface area contributed by atoms with E-state index in [1.54, 1.807) is 4.90 Å². The molecule has 0 radical (unpaired) electrons. The second-order valence-corrected chi connectivity index (χ2v) is 5.25. The van der Waals surface area contributed by atoms with Crippen molar-refractivity contribution in [1.82, 2.24) is 10.1 Å². The molecule has 1 aromatic carbocycles. The second kappa shape index (κ2) is 5.97. The molecule has 0 aliphatic rings. The fourth-order valence-electron chi connectivity index (χ4n) is 2.06. The molecule has 0 spiro atoms. The zero-order valence-electron chi connectivity index (χ0n) is 12.8. The lowest BCUT2D eigenvalue weighted by molar-refractivity contribution is 0.387. The number of anilines is 1. The lowest BCUT2D eigenvalue weighted by atomic mass is 10.0. The third kappa shape index (κ3) is 3.05. The van der Waals surface area contributed by atoms with Crippen LogP contribution in [0.1, 0.15) is 11.3 Å². The predicted molar refractivity (Wildman–Crippen MR) is 84.7 cm³/mol. The van der Waals surface area contributed by atoms with E-state index in [9.17, 15) is 0 Å². The highest BCUT2D eigenvalue weighted by Crippen LogP contribution is 2.30. The summed E-state index contributed by atoms with van der Waals surface area (Å²) in [5, 5.41) is 12.2. The normalized spacial score (nSPS) is 10.5. The second-order valence-electron chi connectivity index (χ2n) is 5.25. The first-order chi connectivity index (χ1) is 9.93. The molecule has 0 saturated carbocycles. The molecule has 0 aliphatic carbocycles. The molecule has 2 rings (SSSR count). The van der Waals surface area contributed by atoms with Crippen LogP contribution in [0.3, 0.4) is 0 Å². The maximum atomic E-state index is 8.09. The highest BCUT2D eigenvalue weighted by Gasteiger charge is 2.14. The third-order valence-electron chi connectivity index (χ3n) is 3.24. The number of amidine groups is 1. The van der Waals surface area contributed by atoms with Crippen molar-refractivity contribution < 1.29 is 4.52 Å². The van der Waals surface area contributed by atoms with Gasteiger partial charge in [-0.3, -0.25) is 5.41 Å². The first kappa shape index (κ1) is 15.1. The van der Waals surface area contributed by atoms with E-state index in [-0.39, 0.29) is 0 Å². The SMILES string of the molecule is CN(C)C(=N)c1ccc(-c2cc(CN)on2)c(N(C)C)c1. The van der Waals surface area contributed by atoms with Gasteiger partial charge in [-0.15, -0.1) is 0 Å². The summed E-state index contributed by atoms with van der Waals surface area (Å²) in [6, 6.07) is 7.70. The zero-order chi connectivity index (χ0) is 15.6. The van der Waals surface area contributed by atoms with Gasteiger partial charge in [-0.05, 0) is 12.1 Å². The molecule has 112 valence electrons. The molecule has 0 amide bonds. The van der Waals surface area contributed by atoms with Crippen LogP contribution < -0.4 is 10.6 Å². The Labute approximate surface area is 124 Å². The molecule has 0 unspecified atom stereocenters. The number of hydrogen-bond acceptors (Lipinski definition) is 5. The van der Waals surface area contributed by atoms with Crippen LogP contribution in [0.4, 0.5) is 5.69 Å². The van der Waals surface area contributed by atoms with Crippen molar-refractivity contribution in [2.24, 2.45) is 5.73 Å². The summed E-state index contributed by atoms with van der Waals surface area (Å²) < 4.78 is 5.17. The van der Waals surface area contributed by atoms with Crippen molar-refractivity contribution in [3.05, 3.63) is 35.6 Å². The van der Waals surface area contributed by atoms with Crippen LogP contribution in [-0.4, -0.2) is 44.1 Å². The Morgan fingerprint density at radius 3 is 2.48 bits per heavy atom. The summed E-state index contributed by atoms with van der Waals surface area (Å²) in [7, 11) is 7.64. The monoisotopic (exact) mass is 287 g/mol. The van der Waals surface area contributed by atoms with Crippen molar-refractivity contribution in [3.8, 4) is 11.3 Å². The molecule has 6 nitrogen and oxygen atoms in total. The molecule has 1 aromatic heterocycles. The van der Waals surface area contributed by atoms with Crippen LogP contribution in [0.2, 0.25) is 0 Å². The molecule has 2 aromatic rings. The number of nitrogens with two attached hydrogens (primary N) is 1. The molecule has 1 heterocycles. The van der Waals surface area contributed by atoms with E-state index in [2.05, 4.69) is 5.16 Å². The lowest BCUT2D eigenvalue weighted by Crippen LogP contribution is -2.22. The van der Waals surface area contributed by atoms with Gasteiger partial charge in [0.25, 0.3) is 0 Å². The number of nitrogens with zero attached hydrogens (tertiary/aromatic N) is 3. The molecule has 21 heavy (non-hydrogen) atoms. The van der Waals surface area contributed by atoms with Crippen LogP contribution in [0.15, 0.2) is 28.8 Å². The number of rotatable bonds is 4. The molecule has 0 atom stereocenters. The summed E-state index contributed by atoms with van der Waals surface area (Å²) in [5.74, 6) is 1.12. The smallest absolute Gasteiger partial charge is 0.150 e. The van der Waals surface area contributed by atoms with Crippen LogP contribution >= 0.6 is 0 Å². The van der Waals surface area contributed by atoms with Gasteiger partial charge in [0.15, 0.2) is 5.76 Å². The lowest BCUT2D eigenvalue weighted by Gasteiger charge is -2.20. The minimum atomic E-state index is 0.327. The maximum Gasteiger partial charge on any atom is 0.150 e. The summed E-state index contributed by atoms with van der Waals surface area (Å²) in [6.07, 6.45) is 0. The van der Waals surface area contributed by atoms with Crippen molar-refractivity contribution >= 4 is 11.5 Å². The molecule has 0 fully saturated rings. The van der Waals surface area contributed by atoms with Crippen LogP contribution in [0.5, 0.6) is 0 Å². The summed E-state index contributed by atoms with van der Waals surface area (Å²) in [4.78, 5) is 3.77. The highest BCUT2D eigenvalue weighted by molar-refractivity contribution is 5.98. The van der Waals surface area contributed by atoms with E-state index < -0.39 is 0 Å². The Kier molecular flexibility index (Phi) is 4.28. The Bertz CT molecular complexity index is 645. The molecule has 0 aliphatic heterocycles. The molecule has 0 saturated heterocycles. The molecule has 3 N–H and O–H groups in total. The first-order valence-corrected chi connectivity index (χ1v) is 6.67. The van der Waals surface area contributed by atoms with Gasteiger partial charge in [0, 0.05) is 51.1 Å². The molecular formula is C15H21N5O. The number of nitrogens with one attached hydrogen (secondary N) is 1. The van der Waals surface area contributed by atoms with E-state index in [1.165, 1.54) is 0 Å². The van der Waals surface area contributed by atoms with Crippen LogP contribution in [0, 0.1) is 5.41 Å². The number of aromatic nitrogens is 1. The highest BCUT2D eigenvalue weighted by atomic mass is 16.5. The van der Waals surface area contributed by atoms with Crippen LogP contribution in [0.25, 0.3) is 11.3 Å². The number of benzene rings is 1. The summed E-state index contributed by atoms with van der Waals surface area (Å²) >= 11 is 0. The van der Waals surface area contributed by atoms with Crippen molar-refractivity contribution in [3.63, 3.8) is 0 Å². The van der Waals surface area contributed by atoms with Crippen molar-refractivity contribution in [2.45, 2.75) is 6.54 Å². The Hall–Kier alpha value is -2.34. The predicted octanol–water partition coefficient (Wildman–Crippen LogP) is 1.75. The van der Waals surface area contributed by atoms with Gasteiger partial charge in [0.1, 0.15) is 11.5 Å². The van der Waals surface area contributed by atoms with Crippen molar-refractivity contribution in [1.29, 1.82) is 5.41 Å². The quantitative estimate of drug-likeness (QED) is 0.661. The average Bonchev–Trinajstić information content (AvgIpc) is 2.94. The Morgan fingerprint density at radius 1 is 1.24 bits per heavy atom. The first-order valence-electron chi connectivity index (χ1n) is 6.67. The van der Waals surface area contributed by atoms with Gasteiger partial charge in [0.2, 0.25) is 0 Å². The molecule has 6 heteroatoms. The minimum absolute atomic E-state index is 0.327. The van der Waals surface area contributed by atoms with E-state index >= 15 is 0 Å². The van der Waals surface area contributed by atoms with E-state index in [0.29, 0.717) is 18.1 Å². The van der Waals surface area contributed by atoms with Crippen LogP contribution in [-0.2, 0) is 6.54 Å². The largest absolute Gasteiger partial charge is 0.377 e. The standard InChI is InChI=1S/C15H21N5O/c1-19(2)14-7-10(15(17)20(3)4)5-6-12(14)13-8-11(9-16)21-18-13/h5-8,17H,9,16H2,1-4H3. The minimum Gasteiger partial charge on any atom is -0.377 e. The zero-order valence-corrected chi connectivity index (χ0v) is 12.8. The van der Waals surface area contributed by atoms with Gasteiger partial charge in [0.05, 0.1) is 6.54 Å². The topological polar surface area (TPSA) is 82.4 Å². The average molecular weight is 287 g/mol. The fraction of sp³-hybridized carbons (Fsp3) is 0.333. The fourth-order valence-corrected chi connectivity index (χ4v) is 2.06. The maximum absolute atomic E-state index is 8.09. The number of hydrogen-bond donors (Lipinski definition) is 2. The van der Waals surface area contributed by atoms with Gasteiger partial charge in [-0.2, -0.15) is 0 Å². The molecule has 0 bridgehead atoms. The molecular weight excluding hydrogens is 266 g/mol. The van der Waals surface area contributed by atoms with Gasteiger partial charge < -0.3 is 20.1 Å². The summed E-state index contributed by atoms with van der Waals surface area (Å²) in [6.45, 7) is 0.327. The van der Waals surface area contributed by atoms with Gasteiger partial charge >= 0.3 is 0 Å². The summed E-state index contributed by atoms with van der Waals surface area (Å²) in [5.41, 5.74) is 9.11. The van der Waals surface area contributed by atoms with E-state index in [0.717, 1.165) is 22.5 Å².